The summed E-state index contributed by atoms with van der Waals surface area (Å²) < 4.78 is 0. The summed E-state index contributed by atoms with van der Waals surface area (Å²) in [5.74, 6) is 1.78. The Morgan fingerprint density at radius 1 is 1.57 bits per heavy atom. The van der Waals surface area contributed by atoms with Gasteiger partial charge in [0.25, 0.3) is 0 Å². The van der Waals surface area contributed by atoms with Gasteiger partial charge >= 0.3 is 0 Å². The monoisotopic (exact) mass is 451 g/mol. The Morgan fingerprint density at radius 2 is 2.35 bits per heavy atom. The summed E-state index contributed by atoms with van der Waals surface area (Å²) >= 11 is 1.70. The van der Waals surface area contributed by atoms with Crippen molar-refractivity contribution in [2.45, 2.75) is 33.2 Å². The molecule has 1 aliphatic rings. The molecule has 1 N–H and O–H groups in total. The van der Waals surface area contributed by atoms with Crippen molar-refractivity contribution in [2.75, 3.05) is 40.3 Å². The van der Waals surface area contributed by atoms with E-state index in [-0.39, 0.29) is 24.0 Å². The SMILES string of the molecule is CN=C(NCCN1CCCC(C)C1)N(C)Cc1csc(C)n1.I. The van der Waals surface area contributed by atoms with E-state index in [0.29, 0.717) is 0 Å². The molecule has 1 aromatic rings. The van der Waals surface area contributed by atoms with E-state index in [4.69, 9.17) is 0 Å². The highest BCUT2D eigenvalue weighted by atomic mass is 127. The molecule has 23 heavy (non-hydrogen) atoms. The van der Waals surface area contributed by atoms with E-state index in [2.05, 4.69) is 44.4 Å². The number of aromatic nitrogens is 1. The van der Waals surface area contributed by atoms with Crippen molar-refractivity contribution in [2.24, 2.45) is 10.9 Å². The summed E-state index contributed by atoms with van der Waals surface area (Å²) in [5, 5.41) is 6.70. The topological polar surface area (TPSA) is 43.8 Å². The van der Waals surface area contributed by atoms with Crippen LogP contribution < -0.4 is 5.32 Å². The molecule has 0 aliphatic carbocycles. The van der Waals surface area contributed by atoms with Crippen LogP contribution in [0.2, 0.25) is 0 Å². The third-order valence-electron chi connectivity index (χ3n) is 4.09. The van der Waals surface area contributed by atoms with Crippen LogP contribution in [-0.2, 0) is 6.54 Å². The van der Waals surface area contributed by atoms with E-state index in [1.54, 1.807) is 11.3 Å². The van der Waals surface area contributed by atoms with Gasteiger partial charge in [-0.1, -0.05) is 6.92 Å². The van der Waals surface area contributed by atoms with Crippen molar-refractivity contribution < 1.29 is 0 Å². The molecule has 0 saturated carbocycles. The number of hydrogen-bond acceptors (Lipinski definition) is 4. The molecular formula is C16H30IN5S. The van der Waals surface area contributed by atoms with Crippen molar-refractivity contribution in [1.29, 1.82) is 0 Å². The molecule has 0 amide bonds. The van der Waals surface area contributed by atoms with Crippen molar-refractivity contribution >= 4 is 41.3 Å². The van der Waals surface area contributed by atoms with Crippen LogP contribution >= 0.6 is 35.3 Å². The number of aliphatic imine (C=N–C) groups is 1. The van der Waals surface area contributed by atoms with Gasteiger partial charge in [-0.05, 0) is 32.2 Å². The Bertz CT molecular complexity index is 491. The Labute approximate surface area is 161 Å². The third-order valence-corrected chi connectivity index (χ3v) is 4.91. The van der Waals surface area contributed by atoms with Crippen LogP contribution in [0.3, 0.4) is 0 Å². The second kappa shape index (κ2) is 10.5. The molecule has 7 heteroatoms. The summed E-state index contributed by atoms with van der Waals surface area (Å²) in [6, 6.07) is 0. The number of aryl methyl sites for hydroxylation is 1. The summed E-state index contributed by atoms with van der Waals surface area (Å²) in [7, 11) is 3.90. The van der Waals surface area contributed by atoms with Crippen LogP contribution in [0, 0.1) is 12.8 Å². The zero-order valence-electron chi connectivity index (χ0n) is 14.7. The molecule has 0 bridgehead atoms. The highest BCUT2D eigenvalue weighted by Gasteiger charge is 2.16. The summed E-state index contributed by atoms with van der Waals surface area (Å²) in [5.41, 5.74) is 1.11. The van der Waals surface area contributed by atoms with Gasteiger partial charge in [0.2, 0.25) is 0 Å². The first-order valence-corrected chi connectivity index (χ1v) is 9.01. The number of hydrogen-bond donors (Lipinski definition) is 1. The molecule has 1 fully saturated rings. The summed E-state index contributed by atoms with van der Waals surface area (Å²) in [6.07, 6.45) is 2.71. The summed E-state index contributed by atoms with van der Waals surface area (Å²) in [6.45, 7) is 9.69. The molecule has 132 valence electrons. The van der Waals surface area contributed by atoms with Gasteiger partial charge in [0.1, 0.15) is 0 Å². The molecule has 1 aliphatic heterocycles. The van der Waals surface area contributed by atoms with Crippen LogP contribution in [-0.4, -0.2) is 61.0 Å². The number of rotatable bonds is 5. The first-order valence-electron chi connectivity index (χ1n) is 8.13. The number of likely N-dealkylation sites (tertiary alicyclic amines) is 1. The van der Waals surface area contributed by atoms with Crippen molar-refractivity contribution in [3.63, 3.8) is 0 Å². The molecule has 0 aromatic carbocycles. The quantitative estimate of drug-likeness (QED) is 0.425. The van der Waals surface area contributed by atoms with E-state index in [9.17, 15) is 0 Å². The minimum Gasteiger partial charge on any atom is -0.355 e. The average Bonchev–Trinajstić information content (AvgIpc) is 2.88. The van der Waals surface area contributed by atoms with Crippen LogP contribution in [0.4, 0.5) is 0 Å². The minimum absolute atomic E-state index is 0. The molecular weight excluding hydrogens is 421 g/mol. The lowest BCUT2D eigenvalue weighted by Crippen LogP contribution is -2.44. The fraction of sp³-hybridized carbons (Fsp3) is 0.750. The Kier molecular flexibility index (Phi) is 9.38. The molecule has 0 radical (unpaired) electrons. The third kappa shape index (κ3) is 6.93. The Morgan fingerprint density at radius 3 is 2.96 bits per heavy atom. The predicted molar refractivity (Wildman–Crippen MR) is 110 cm³/mol. The van der Waals surface area contributed by atoms with Crippen molar-refractivity contribution in [3.8, 4) is 0 Å². The molecule has 1 saturated heterocycles. The van der Waals surface area contributed by atoms with Gasteiger partial charge in [0, 0.05) is 39.1 Å². The van der Waals surface area contributed by atoms with Gasteiger partial charge in [-0.25, -0.2) is 4.98 Å². The molecule has 0 spiro atoms. The smallest absolute Gasteiger partial charge is 0.193 e. The fourth-order valence-electron chi connectivity index (χ4n) is 3.00. The van der Waals surface area contributed by atoms with E-state index in [0.717, 1.165) is 42.2 Å². The highest BCUT2D eigenvalue weighted by molar-refractivity contribution is 14.0. The molecule has 2 rings (SSSR count). The first kappa shape index (κ1) is 20.6. The molecule has 5 nitrogen and oxygen atoms in total. The minimum atomic E-state index is 0. The maximum Gasteiger partial charge on any atom is 0.193 e. The van der Waals surface area contributed by atoms with Crippen molar-refractivity contribution in [1.82, 2.24) is 20.1 Å². The molecule has 1 atom stereocenters. The zero-order chi connectivity index (χ0) is 15.9. The lowest BCUT2D eigenvalue weighted by molar-refractivity contribution is 0.186. The molecule has 2 heterocycles. The van der Waals surface area contributed by atoms with E-state index in [1.807, 2.05) is 14.0 Å². The normalized spacial score (nSPS) is 19.3. The van der Waals surface area contributed by atoms with Crippen molar-refractivity contribution in [3.05, 3.63) is 16.1 Å². The molecule has 1 unspecified atom stereocenters. The second-order valence-corrected chi connectivity index (χ2v) is 7.30. The highest BCUT2D eigenvalue weighted by Crippen LogP contribution is 2.14. The number of piperidine rings is 1. The first-order chi connectivity index (χ1) is 10.6. The van der Waals surface area contributed by atoms with E-state index >= 15 is 0 Å². The van der Waals surface area contributed by atoms with Crippen LogP contribution in [0.5, 0.6) is 0 Å². The number of nitrogens with one attached hydrogen (secondary N) is 1. The van der Waals surface area contributed by atoms with Crippen LogP contribution in [0.15, 0.2) is 10.4 Å². The standard InChI is InChI=1S/C16H29N5S.HI/c1-13-6-5-8-21(10-13)9-7-18-16(17-3)20(4)11-15-12-22-14(2)19-15;/h12-13H,5-11H2,1-4H3,(H,17,18);1H. The van der Waals surface area contributed by atoms with E-state index < -0.39 is 0 Å². The van der Waals surface area contributed by atoms with Crippen LogP contribution in [0.1, 0.15) is 30.5 Å². The maximum atomic E-state index is 4.52. The predicted octanol–water partition coefficient (Wildman–Crippen LogP) is 2.81. The number of guanidine groups is 1. The number of nitrogens with zero attached hydrogens (tertiary/aromatic N) is 4. The molecule has 1 aromatic heterocycles. The number of thiazole rings is 1. The van der Waals surface area contributed by atoms with Gasteiger partial charge in [0.05, 0.1) is 17.2 Å². The lowest BCUT2D eigenvalue weighted by Gasteiger charge is -2.31. The van der Waals surface area contributed by atoms with Gasteiger partial charge < -0.3 is 15.1 Å². The number of halogens is 1. The van der Waals surface area contributed by atoms with Gasteiger partial charge in [0.15, 0.2) is 5.96 Å². The zero-order valence-corrected chi connectivity index (χ0v) is 17.9. The summed E-state index contributed by atoms with van der Waals surface area (Å²) in [4.78, 5) is 13.6. The van der Waals surface area contributed by atoms with Gasteiger partial charge in [-0.3, -0.25) is 4.99 Å². The lowest BCUT2D eigenvalue weighted by atomic mass is 10.0. The van der Waals surface area contributed by atoms with Gasteiger partial charge in [-0.2, -0.15) is 0 Å². The van der Waals surface area contributed by atoms with Gasteiger partial charge in [-0.15, -0.1) is 35.3 Å². The Hall–Kier alpha value is -0.410. The largest absolute Gasteiger partial charge is 0.355 e. The fourth-order valence-corrected chi connectivity index (χ4v) is 3.60. The maximum absolute atomic E-state index is 4.52. The second-order valence-electron chi connectivity index (χ2n) is 6.24. The Balaban J connectivity index is 0.00000264. The van der Waals surface area contributed by atoms with Crippen LogP contribution in [0.25, 0.3) is 0 Å². The average molecular weight is 451 g/mol. The van der Waals surface area contributed by atoms with E-state index in [1.165, 1.54) is 25.9 Å².